The lowest BCUT2D eigenvalue weighted by molar-refractivity contribution is -0.384. The number of nitrogens with two attached hydrogens (primary N) is 1. The lowest BCUT2D eigenvalue weighted by Crippen LogP contribution is -2.42. The number of piperidine rings is 1. The molecule has 0 saturated carbocycles. The molecule has 0 spiro atoms. The molecule has 128 valence electrons. The number of nitrogen functional groups attached to an aromatic ring is 1. The fraction of sp³-hybridized carbons (Fsp3) is 0.533. The molecule has 1 aromatic carbocycles. The third kappa shape index (κ3) is 4.33. The van der Waals surface area contributed by atoms with Crippen molar-refractivity contribution in [2.24, 2.45) is 5.92 Å². The number of anilines is 1. The number of rotatable bonds is 4. The van der Waals surface area contributed by atoms with Crippen molar-refractivity contribution in [1.82, 2.24) is 10.2 Å². The van der Waals surface area contributed by atoms with Crippen molar-refractivity contribution in [2.75, 3.05) is 32.4 Å². The lowest BCUT2D eigenvalue weighted by atomic mass is 9.96. The summed E-state index contributed by atoms with van der Waals surface area (Å²) in [5.74, 6) is 0.189. The molecule has 1 saturated heterocycles. The highest BCUT2D eigenvalue weighted by atomic mass is 35.5. The molecular weight excluding hydrogens is 320 g/mol. The van der Waals surface area contributed by atoms with Gasteiger partial charge in [-0.2, -0.15) is 0 Å². The van der Waals surface area contributed by atoms with E-state index in [0.717, 1.165) is 19.4 Å². The molecule has 8 heteroatoms. The summed E-state index contributed by atoms with van der Waals surface area (Å²) in [5, 5.41) is 14.2. The van der Waals surface area contributed by atoms with E-state index < -0.39 is 4.92 Å². The normalized spacial score (nSPS) is 17.5. The van der Waals surface area contributed by atoms with Gasteiger partial charge in [0.25, 0.3) is 11.6 Å². The van der Waals surface area contributed by atoms with Crippen LogP contribution in [-0.2, 0) is 0 Å². The van der Waals surface area contributed by atoms with Gasteiger partial charge in [0.15, 0.2) is 0 Å². The maximum atomic E-state index is 12.7. The zero-order valence-corrected chi connectivity index (χ0v) is 14.2. The lowest BCUT2D eigenvalue weighted by Gasteiger charge is -2.33. The average molecular weight is 343 g/mol. The van der Waals surface area contributed by atoms with E-state index in [1.54, 1.807) is 17.9 Å². The topological polar surface area (TPSA) is 102 Å². The smallest absolute Gasteiger partial charge is 0.293 e. The number of nitro groups is 1. The van der Waals surface area contributed by atoms with Crippen molar-refractivity contribution >= 4 is 29.7 Å². The van der Waals surface area contributed by atoms with Crippen molar-refractivity contribution < 1.29 is 9.72 Å². The minimum Gasteiger partial charge on any atom is -0.393 e. The largest absolute Gasteiger partial charge is 0.393 e. The quantitative estimate of drug-likeness (QED) is 0.495. The minimum absolute atomic E-state index is 0. The number of hydrogen-bond acceptors (Lipinski definition) is 5. The average Bonchev–Trinajstić information content (AvgIpc) is 2.49. The molecule has 1 heterocycles. The minimum atomic E-state index is -0.543. The maximum absolute atomic E-state index is 12.7. The Hall–Kier alpha value is -1.86. The molecule has 1 aliphatic heterocycles. The molecule has 0 aliphatic carbocycles. The number of carbonyl (C=O) groups excluding carboxylic acids is 1. The summed E-state index contributed by atoms with van der Waals surface area (Å²) in [6, 6.07) is 3.03. The van der Waals surface area contributed by atoms with Crippen LogP contribution in [0.4, 0.5) is 11.4 Å². The second-order valence-corrected chi connectivity index (χ2v) is 5.82. The molecule has 1 fully saturated rings. The number of likely N-dealkylation sites (tertiary alicyclic amines) is 1. The zero-order chi connectivity index (χ0) is 16.3. The molecule has 0 aromatic heterocycles. The Morgan fingerprint density at radius 2 is 2.22 bits per heavy atom. The van der Waals surface area contributed by atoms with Gasteiger partial charge in [-0.3, -0.25) is 14.9 Å². The first-order valence-corrected chi connectivity index (χ1v) is 7.42. The third-order valence-corrected chi connectivity index (χ3v) is 4.03. The number of benzene rings is 1. The van der Waals surface area contributed by atoms with E-state index in [2.05, 4.69) is 5.32 Å². The highest BCUT2D eigenvalue weighted by Gasteiger charge is 2.28. The number of nitrogens with one attached hydrogen (secondary N) is 1. The first kappa shape index (κ1) is 19.2. The molecule has 3 N–H and O–H groups in total. The van der Waals surface area contributed by atoms with Gasteiger partial charge in [-0.25, -0.2) is 0 Å². The van der Waals surface area contributed by atoms with E-state index in [-0.39, 0.29) is 35.3 Å². The molecule has 1 aliphatic rings. The Kier molecular flexibility index (Phi) is 6.78. The number of nitro benzene ring substituents is 1. The highest BCUT2D eigenvalue weighted by molar-refractivity contribution is 6.01. The Bertz CT molecular complexity index is 592. The van der Waals surface area contributed by atoms with E-state index in [1.165, 1.54) is 6.07 Å². The maximum Gasteiger partial charge on any atom is 0.293 e. The van der Waals surface area contributed by atoms with Crippen LogP contribution in [0.25, 0.3) is 0 Å². The summed E-state index contributed by atoms with van der Waals surface area (Å²) in [5.41, 5.74) is 6.50. The summed E-state index contributed by atoms with van der Waals surface area (Å²) in [4.78, 5) is 25.0. The summed E-state index contributed by atoms with van der Waals surface area (Å²) in [6.07, 6.45) is 2.01. The van der Waals surface area contributed by atoms with Gasteiger partial charge in [-0.05, 0) is 50.9 Å². The molecule has 23 heavy (non-hydrogen) atoms. The van der Waals surface area contributed by atoms with E-state index in [4.69, 9.17) is 5.73 Å². The van der Waals surface area contributed by atoms with Crippen LogP contribution >= 0.6 is 12.4 Å². The Labute approximate surface area is 141 Å². The predicted molar refractivity (Wildman–Crippen MR) is 92.0 cm³/mol. The van der Waals surface area contributed by atoms with Gasteiger partial charge < -0.3 is 16.0 Å². The monoisotopic (exact) mass is 342 g/mol. The zero-order valence-electron chi connectivity index (χ0n) is 13.4. The van der Waals surface area contributed by atoms with Gasteiger partial charge in [0, 0.05) is 19.2 Å². The molecule has 0 radical (unpaired) electrons. The Morgan fingerprint density at radius 1 is 1.52 bits per heavy atom. The first-order chi connectivity index (χ1) is 10.4. The first-order valence-electron chi connectivity index (χ1n) is 7.42. The van der Waals surface area contributed by atoms with Gasteiger partial charge in [-0.1, -0.05) is 0 Å². The molecular formula is C15H23ClN4O3. The molecule has 1 aromatic rings. The number of carbonyl (C=O) groups is 1. The number of hydrogen-bond donors (Lipinski definition) is 2. The van der Waals surface area contributed by atoms with E-state index in [1.807, 2.05) is 7.05 Å². The van der Waals surface area contributed by atoms with Gasteiger partial charge in [-0.15, -0.1) is 12.4 Å². The second kappa shape index (κ2) is 8.12. The summed E-state index contributed by atoms with van der Waals surface area (Å²) in [6.45, 7) is 3.90. The van der Waals surface area contributed by atoms with Crippen molar-refractivity contribution in [3.63, 3.8) is 0 Å². The highest BCUT2D eigenvalue weighted by Crippen LogP contribution is 2.29. The SMILES string of the molecule is CNCC1CCCN(C(=O)c2cc(C)cc([N+](=O)[O-])c2N)C1.Cl. The standard InChI is InChI=1S/C15H22N4O3.ClH/c1-10-6-12(14(16)13(7-10)19(21)22)15(20)18-5-3-4-11(9-18)8-17-2;/h6-7,11,17H,3-5,8-9,16H2,1-2H3;1H. The van der Waals surface area contributed by atoms with Gasteiger partial charge in [0.05, 0.1) is 10.5 Å². The molecule has 1 atom stereocenters. The molecule has 2 rings (SSSR count). The van der Waals surface area contributed by atoms with Gasteiger partial charge in [0.1, 0.15) is 5.69 Å². The van der Waals surface area contributed by atoms with Crippen LogP contribution in [0.5, 0.6) is 0 Å². The molecule has 7 nitrogen and oxygen atoms in total. The summed E-state index contributed by atoms with van der Waals surface area (Å²) < 4.78 is 0. The summed E-state index contributed by atoms with van der Waals surface area (Å²) in [7, 11) is 1.89. The predicted octanol–water partition coefficient (Wildman–Crippen LogP) is 1.98. The van der Waals surface area contributed by atoms with Gasteiger partial charge in [0.2, 0.25) is 0 Å². The molecule has 0 bridgehead atoms. The van der Waals surface area contributed by atoms with Crippen LogP contribution in [0, 0.1) is 23.0 Å². The number of nitrogens with zero attached hydrogens (tertiary/aromatic N) is 2. The third-order valence-electron chi connectivity index (χ3n) is 4.03. The van der Waals surface area contributed by atoms with Crippen LogP contribution in [0.1, 0.15) is 28.8 Å². The fourth-order valence-corrected chi connectivity index (χ4v) is 2.98. The van der Waals surface area contributed by atoms with Crippen LogP contribution in [0.15, 0.2) is 12.1 Å². The Morgan fingerprint density at radius 3 is 2.83 bits per heavy atom. The Balaban J connectivity index is 0.00000264. The number of aryl methyl sites for hydroxylation is 1. The fourth-order valence-electron chi connectivity index (χ4n) is 2.98. The number of amides is 1. The van der Waals surface area contributed by atoms with Crippen LogP contribution < -0.4 is 11.1 Å². The van der Waals surface area contributed by atoms with Crippen LogP contribution in [-0.4, -0.2) is 42.4 Å². The molecule has 1 unspecified atom stereocenters. The van der Waals surface area contributed by atoms with E-state index >= 15 is 0 Å². The van der Waals surface area contributed by atoms with Crippen molar-refractivity contribution in [3.05, 3.63) is 33.4 Å². The van der Waals surface area contributed by atoms with Crippen LogP contribution in [0.2, 0.25) is 0 Å². The van der Waals surface area contributed by atoms with Crippen molar-refractivity contribution in [1.29, 1.82) is 0 Å². The molecule has 1 amide bonds. The van der Waals surface area contributed by atoms with Crippen LogP contribution in [0.3, 0.4) is 0 Å². The van der Waals surface area contributed by atoms with Crippen molar-refractivity contribution in [3.8, 4) is 0 Å². The van der Waals surface area contributed by atoms with E-state index in [0.29, 0.717) is 24.6 Å². The van der Waals surface area contributed by atoms with E-state index in [9.17, 15) is 14.9 Å². The second-order valence-electron chi connectivity index (χ2n) is 5.82. The summed E-state index contributed by atoms with van der Waals surface area (Å²) >= 11 is 0. The van der Waals surface area contributed by atoms with Gasteiger partial charge >= 0.3 is 0 Å². The van der Waals surface area contributed by atoms with Crippen molar-refractivity contribution in [2.45, 2.75) is 19.8 Å². The number of halogens is 1.